The third-order valence-corrected chi connectivity index (χ3v) is 5.38. The third kappa shape index (κ3) is 4.52. The Bertz CT molecular complexity index is 587. The molecule has 3 heteroatoms. The number of hydrogen-bond donors (Lipinski definition) is 1. The molecule has 1 saturated heterocycles. The van der Waals surface area contributed by atoms with E-state index in [-0.39, 0.29) is 0 Å². The van der Waals surface area contributed by atoms with Crippen LogP contribution in [0.2, 0.25) is 0 Å². The summed E-state index contributed by atoms with van der Waals surface area (Å²) in [5.41, 5.74) is 1.44. The van der Waals surface area contributed by atoms with Gasteiger partial charge in [-0.2, -0.15) is 0 Å². The Labute approximate surface area is 137 Å². The molecule has 0 aliphatic carbocycles. The molecule has 1 unspecified atom stereocenters. The van der Waals surface area contributed by atoms with Crippen molar-refractivity contribution in [3.8, 4) is 5.75 Å². The zero-order chi connectivity index (χ0) is 15.2. The van der Waals surface area contributed by atoms with Crippen LogP contribution in [0.15, 0.2) is 59.5 Å². The number of rotatable bonds is 6. The average molecular weight is 313 g/mol. The summed E-state index contributed by atoms with van der Waals surface area (Å²) in [4.78, 5) is 3.75. The molecular weight excluding hydrogens is 290 g/mol. The highest BCUT2D eigenvalue weighted by atomic mass is 32.2. The van der Waals surface area contributed by atoms with Crippen molar-refractivity contribution in [1.29, 1.82) is 0 Å². The first-order chi connectivity index (χ1) is 10.8. The van der Waals surface area contributed by atoms with Crippen LogP contribution in [0, 0.1) is 0 Å². The van der Waals surface area contributed by atoms with E-state index in [0.717, 1.165) is 6.54 Å². The van der Waals surface area contributed by atoms with Gasteiger partial charge >= 0.3 is 0 Å². The molecule has 22 heavy (non-hydrogen) atoms. The van der Waals surface area contributed by atoms with Gasteiger partial charge in [-0.3, -0.25) is 0 Å². The molecule has 0 bridgehead atoms. The van der Waals surface area contributed by atoms with Crippen LogP contribution in [0.25, 0.3) is 0 Å². The molecule has 2 aromatic rings. The number of phenolic OH excluding ortho intramolecular Hbond substituents is 1. The first-order valence-electron chi connectivity index (χ1n) is 8.01. The number of aryl methyl sites for hydroxylation is 1. The third-order valence-electron chi connectivity index (χ3n) is 4.13. The van der Waals surface area contributed by atoms with Crippen LogP contribution in [-0.4, -0.2) is 34.9 Å². The van der Waals surface area contributed by atoms with Gasteiger partial charge in [0.1, 0.15) is 5.75 Å². The number of phenols is 1. The maximum atomic E-state index is 9.54. The highest BCUT2D eigenvalue weighted by molar-refractivity contribution is 8.00. The molecule has 1 aliphatic rings. The van der Waals surface area contributed by atoms with E-state index < -0.39 is 0 Å². The van der Waals surface area contributed by atoms with Crippen molar-refractivity contribution in [3.05, 3.63) is 60.2 Å². The first-order valence-corrected chi connectivity index (χ1v) is 8.89. The van der Waals surface area contributed by atoms with Crippen molar-refractivity contribution >= 4 is 11.8 Å². The summed E-state index contributed by atoms with van der Waals surface area (Å²) in [5, 5.41) is 10.2. The lowest BCUT2D eigenvalue weighted by molar-refractivity contribution is 0.335. The summed E-state index contributed by atoms with van der Waals surface area (Å²) in [6.07, 6.45) is 3.64. The van der Waals surface area contributed by atoms with E-state index in [4.69, 9.17) is 0 Å². The molecule has 116 valence electrons. The quantitative estimate of drug-likeness (QED) is 0.865. The van der Waals surface area contributed by atoms with E-state index in [1.807, 2.05) is 23.9 Å². The molecule has 0 aromatic heterocycles. The SMILES string of the molecule is Oc1cccc(SC2CCN(CCCc3ccccc3)C2)c1. The second kappa shape index (κ2) is 7.70. The summed E-state index contributed by atoms with van der Waals surface area (Å²) in [7, 11) is 0. The van der Waals surface area contributed by atoms with Gasteiger partial charge in [0.15, 0.2) is 0 Å². The Balaban J connectivity index is 1.41. The van der Waals surface area contributed by atoms with Crippen LogP contribution in [0.4, 0.5) is 0 Å². The summed E-state index contributed by atoms with van der Waals surface area (Å²) < 4.78 is 0. The van der Waals surface area contributed by atoms with Crippen molar-refractivity contribution in [2.45, 2.75) is 29.4 Å². The zero-order valence-corrected chi connectivity index (χ0v) is 13.6. The van der Waals surface area contributed by atoms with Crippen molar-refractivity contribution in [3.63, 3.8) is 0 Å². The van der Waals surface area contributed by atoms with Gasteiger partial charge in [0.05, 0.1) is 0 Å². The molecule has 1 atom stereocenters. The van der Waals surface area contributed by atoms with E-state index in [1.165, 1.54) is 42.8 Å². The fourth-order valence-electron chi connectivity index (χ4n) is 3.00. The van der Waals surface area contributed by atoms with Gasteiger partial charge in [0, 0.05) is 16.7 Å². The largest absolute Gasteiger partial charge is 0.508 e. The molecule has 2 nitrogen and oxygen atoms in total. The van der Waals surface area contributed by atoms with Crippen LogP contribution in [0.3, 0.4) is 0 Å². The fraction of sp³-hybridized carbons (Fsp3) is 0.368. The molecular formula is C19H23NOS. The van der Waals surface area contributed by atoms with Gasteiger partial charge in [0.25, 0.3) is 0 Å². The summed E-state index contributed by atoms with van der Waals surface area (Å²) in [6, 6.07) is 18.3. The molecule has 0 radical (unpaired) electrons. The predicted molar refractivity (Wildman–Crippen MR) is 93.6 cm³/mol. The van der Waals surface area contributed by atoms with Gasteiger partial charge in [0.2, 0.25) is 0 Å². The highest BCUT2D eigenvalue weighted by Gasteiger charge is 2.22. The minimum absolute atomic E-state index is 0.364. The molecule has 1 aliphatic heterocycles. The number of thioether (sulfide) groups is 1. The molecule has 0 saturated carbocycles. The summed E-state index contributed by atoms with van der Waals surface area (Å²) in [6.45, 7) is 3.55. The molecule has 2 aromatic carbocycles. The Morgan fingerprint density at radius 1 is 1.09 bits per heavy atom. The Kier molecular flexibility index (Phi) is 5.41. The van der Waals surface area contributed by atoms with E-state index >= 15 is 0 Å². The molecule has 3 rings (SSSR count). The molecule has 1 N–H and O–H groups in total. The topological polar surface area (TPSA) is 23.5 Å². The van der Waals surface area contributed by atoms with Gasteiger partial charge in [-0.05, 0) is 56.1 Å². The Hall–Kier alpha value is -1.45. The monoisotopic (exact) mass is 313 g/mol. The second-order valence-corrected chi connectivity index (χ2v) is 7.29. The number of aromatic hydroxyl groups is 1. The maximum absolute atomic E-state index is 9.54. The standard InChI is InChI=1S/C19H23NOS/c21-17-9-4-10-18(14-17)22-19-11-13-20(15-19)12-5-8-16-6-2-1-3-7-16/h1-4,6-7,9-10,14,19,21H,5,8,11-13,15H2. The second-order valence-electron chi connectivity index (χ2n) is 5.92. The van der Waals surface area contributed by atoms with Crippen LogP contribution in [0.5, 0.6) is 5.75 Å². The molecule has 0 amide bonds. The Morgan fingerprint density at radius 2 is 1.95 bits per heavy atom. The minimum Gasteiger partial charge on any atom is -0.508 e. The van der Waals surface area contributed by atoms with Gasteiger partial charge in [-0.1, -0.05) is 36.4 Å². The lowest BCUT2D eigenvalue weighted by Crippen LogP contribution is -2.22. The van der Waals surface area contributed by atoms with E-state index in [1.54, 1.807) is 6.07 Å². The van der Waals surface area contributed by atoms with Crippen molar-refractivity contribution in [2.75, 3.05) is 19.6 Å². The first kappa shape index (κ1) is 15.4. The van der Waals surface area contributed by atoms with E-state index in [9.17, 15) is 5.11 Å². The molecule has 1 heterocycles. The number of likely N-dealkylation sites (tertiary alicyclic amines) is 1. The predicted octanol–water partition coefficient (Wildman–Crippen LogP) is 4.19. The normalized spacial score (nSPS) is 18.6. The van der Waals surface area contributed by atoms with Gasteiger partial charge < -0.3 is 10.0 Å². The van der Waals surface area contributed by atoms with Crippen LogP contribution in [-0.2, 0) is 6.42 Å². The highest BCUT2D eigenvalue weighted by Crippen LogP contribution is 2.31. The summed E-state index contributed by atoms with van der Waals surface area (Å²) in [5.74, 6) is 0.364. The van der Waals surface area contributed by atoms with E-state index in [0.29, 0.717) is 11.0 Å². The lowest BCUT2D eigenvalue weighted by atomic mass is 10.1. The van der Waals surface area contributed by atoms with Crippen molar-refractivity contribution < 1.29 is 5.11 Å². The smallest absolute Gasteiger partial charge is 0.116 e. The molecule has 0 spiro atoms. The van der Waals surface area contributed by atoms with Crippen LogP contribution in [0.1, 0.15) is 18.4 Å². The number of nitrogens with zero attached hydrogens (tertiary/aromatic N) is 1. The van der Waals surface area contributed by atoms with Crippen molar-refractivity contribution in [1.82, 2.24) is 4.90 Å². The minimum atomic E-state index is 0.364. The van der Waals surface area contributed by atoms with Crippen LogP contribution >= 0.6 is 11.8 Å². The van der Waals surface area contributed by atoms with Crippen molar-refractivity contribution in [2.24, 2.45) is 0 Å². The summed E-state index contributed by atoms with van der Waals surface area (Å²) >= 11 is 1.90. The average Bonchev–Trinajstić information content (AvgIpc) is 2.96. The van der Waals surface area contributed by atoms with Crippen LogP contribution < -0.4 is 0 Å². The van der Waals surface area contributed by atoms with E-state index in [2.05, 4.69) is 41.3 Å². The van der Waals surface area contributed by atoms with Gasteiger partial charge in [-0.15, -0.1) is 11.8 Å². The number of hydrogen-bond acceptors (Lipinski definition) is 3. The Morgan fingerprint density at radius 3 is 2.77 bits per heavy atom. The number of benzene rings is 2. The van der Waals surface area contributed by atoms with Gasteiger partial charge in [-0.25, -0.2) is 0 Å². The molecule has 1 fully saturated rings. The fourth-order valence-corrected chi connectivity index (χ4v) is 4.24. The lowest BCUT2D eigenvalue weighted by Gasteiger charge is -2.15. The zero-order valence-electron chi connectivity index (χ0n) is 12.8. The maximum Gasteiger partial charge on any atom is 0.116 e.